The van der Waals surface area contributed by atoms with E-state index >= 15 is 0 Å². The lowest BCUT2D eigenvalue weighted by molar-refractivity contribution is 0.356. The number of nitrogens with zero attached hydrogens (tertiary/aromatic N) is 1. The molecule has 2 aliphatic heterocycles. The van der Waals surface area contributed by atoms with Crippen LogP contribution < -0.4 is 19.7 Å². The number of hydrogen-bond acceptors (Lipinski definition) is 4. The molecular formula is C26H34N2O2. The van der Waals surface area contributed by atoms with Crippen LogP contribution in [0.1, 0.15) is 47.9 Å². The van der Waals surface area contributed by atoms with Crippen LogP contribution in [0.15, 0.2) is 30.3 Å². The quantitative estimate of drug-likeness (QED) is 0.751. The zero-order chi connectivity index (χ0) is 20.3. The smallest absolute Gasteiger partial charge is 0.142 e. The van der Waals surface area contributed by atoms with Gasteiger partial charge in [0.2, 0.25) is 0 Å². The first kappa shape index (κ1) is 19.7. The molecule has 4 heteroatoms. The first-order valence-electron chi connectivity index (χ1n) is 11.7. The lowest BCUT2D eigenvalue weighted by Crippen LogP contribution is -2.51. The average molecular weight is 407 g/mol. The Morgan fingerprint density at radius 3 is 2.97 bits per heavy atom. The van der Waals surface area contributed by atoms with Gasteiger partial charge in [0.15, 0.2) is 0 Å². The summed E-state index contributed by atoms with van der Waals surface area (Å²) < 4.78 is 11.7. The fourth-order valence-corrected chi connectivity index (χ4v) is 5.51. The van der Waals surface area contributed by atoms with Crippen LogP contribution in [0, 0.1) is 0 Å². The highest BCUT2D eigenvalue weighted by Crippen LogP contribution is 2.39. The Balaban J connectivity index is 1.37. The molecule has 0 amide bonds. The van der Waals surface area contributed by atoms with E-state index in [1.807, 2.05) is 0 Å². The average Bonchev–Trinajstić information content (AvgIpc) is 3.11. The number of hydrogen-bond donors (Lipinski definition) is 1. The van der Waals surface area contributed by atoms with E-state index in [0.29, 0.717) is 6.04 Å². The summed E-state index contributed by atoms with van der Waals surface area (Å²) in [6.07, 6.45) is 9.86. The zero-order valence-electron chi connectivity index (χ0n) is 18.2. The molecule has 0 saturated carbocycles. The molecule has 0 bridgehead atoms. The number of ether oxygens (including phenoxy) is 2. The molecule has 1 saturated heterocycles. The molecule has 2 aromatic carbocycles. The Labute approximate surface area is 180 Å². The highest BCUT2D eigenvalue weighted by Gasteiger charge is 2.27. The molecule has 160 valence electrons. The largest absolute Gasteiger partial charge is 0.495 e. The maximum absolute atomic E-state index is 5.87. The molecule has 1 atom stereocenters. The third-order valence-corrected chi connectivity index (χ3v) is 7.14. The van der Waals surface area contributed by atoms with Gasteiger partial charge in [-0.1, -0.05) is 24.6 Å². The maximum atomic E-state index is 5.87. The molecule has 5 rings (SSSR count). The highest BCUT2D eigenvalue weighted by atomic mass is 16.5. The van der Waals surface area contributed by atoms with Crippen molar-refractivity contribution in [1.82, 2.24) is 5.32 Å². The van der Waals surface area contributed by atoms with Crippen LogP contribution in [-0.4, -0.2) is 39.4 Å². The summed E-state index contributed by atoms with van der Waals surface area (Å²) in [5.41, 5.74) is 7.28. The van der Waals surface area contributed by atoms with Crippen molar-refractivity contribution >= 4 is 5.69 Å². The molecule has 1 N–H and O–H groups in total. The number of piperazine rings is 1. The number of benzene rings is 2. The van der Waals surface area contributed by atoms with Crippen molar-refractivity contribution in [2.75, 3.05) is 38.3 Å². The van der Waals surface area contributed by atoms with E-state index in [1.54, 1.807) is 23.8 Å². The third-order valence-electron chi connectivity index (χ3n) is 7.14. The van der Waals surface area contributed by atoms with E-state index in [9.17, 15) is 0 Å². The predicted molar refractivity (Wildman–Crippen MR) is 122 cm³/mol. The van der Waals surface area contributed by atoms with Crippen LogP contribution >= 0.6 is 0 Å². The third kappa shape index (κ3) is 3.90. The van der Waals surface area contributed by atoms with Crippen molar-refractivity contribution < 1.29 is 9.47 Å². The molecule has 0 aromatic heterocycles. The SMILES string of the molecule is COc1cc2c(cc1N1CCNCC1CCc1cccc3c1CCCCC3)OCC2. The summed E-state index contributed by atoms with van der Waals surface area (Å²) in [5, 5.41) is 3.62. The number of methoxy groups -OCH3 is 1. The lowest BCUT2D eigenvalue weighted by Gasteiger charge is -2.39. The van der Waals surface area contributed by atoms with Crippen molar-refractivity contribution in [1.29, 1.82) is 0 Å². The van der Waals surface area contributed by atoms with Crippen molar-refractivity contribution in [3.8, 4) is 11.5 Å². The van der Waals surface area contributed by atoms with Crippen molar-refractivity contribution in [2.45, 2.75) is 57.4 Å². The summed E-state index contributed by atoms with van der Waals surface area (Å²) in [6, 6.07) is 11.9. The van der Waals surface area contributed by atoms with Crippen LogP contribution in [-0.2, 0) is 25.7 Å². The molecule has 1 fully saturated rings. The Morgan fingerprint density at radius 1 is 1.10 bits per heavy atom. The Kier molecular flexibility index (Phi) is 5.85. The van der Waals surface area contributed by atoms with Gasteiger partial charge >= 0.3 is 0 Å². The zero-order valence-corrected chi connectivity index (χ0v) is 18.2. The van der Waals surface area contributed by atoms with E-state index < -0.39 is 0 Å². The predicted octanol–water partition coefficient (Wildman–Crippen LogP) is 4.31. The number of fused-ring (bicyclic) bond motifs is 2. The van der Waals surface area contributed by atoms with Gasteiger partial charge in [0.25, 0.3) is 0 Å². The molecule has 1 aliphatic carbocycles. The summed E-state index contributed by atoms with van der Waals surface area (Å²) >= 11 is 0. The molecule has 30 heavy (non-hydrogen) atoms. The number of nitrogens with one attached hydrogen (secondary N) is 1. The van der Waals surface area contributed by atoms with Gasteiger partial charge in [0.1, 0.15) is 11.5 Å². The lowest BCUT2D eigenvalue weighted by atomic mass is 9.92. The minimum absolute atomic E-state index is 0.466. The van der Waals surface area contributed by atoms with Gasteiger partial charge in [0, 0.05) is 43.7 Å². The number of aryl methyl sites for hydroxylation is 2. The molecule has 2 aromatic rings. The fourth-order valence-electron chi connectivity index (χ4n) is 5.51. The second-order valence-electron chi connectivity index (χ2n) is 8.94. The molecule has 3 aliphatic rings. The maximum Gasteiger partial charge on any atom is 0.142 e. The molecule has 0 spiro atoms. The molecule has 1 unspecified atom stereocenters. The first-order chi connectivity index (χ1) is 14.8. The van der Waals surface area contributed by atoms with Crippen LogP contribution in [0.2, 0.25) is 0 Å². The van der Waals surface area contributed by atoms with E-state index in [0.717, 1.165) is 57.0 Å². The normalized spacial score (nSPS) is 20.8. The van der Waals surface area contributed by atoms with Crippen molar-refractivity contribution in [3.63, 3.8) is 0 Å². The Morgan fingerprint density at radius 2 is 2.03 bits per heavy atom. The summed E-state index contributed by atoms with van der Waals surface area (Å²) in [5.74, 6) is 2.02. The minimum atomic E-state index is 0.466. The number of anilines is 1. The topological polar surface area (TPSA) is 33.7 Å². The summed E-state index contributed by atoms with van der Waals surface area (Å²) in [6.45, 7) is 3.83. The Hall–Kier alpha value is -2.20. The van der Waals surface area contributed by atoms with E-state index in [-0.39, 0.29) is 0 Å². The molecule has 2 heterocycles. The van der Waals surface area contributed by atoms with Gasteiger partial charge in [-0.05, 0) is 61.3 Å². The van der Waals surface area contributed by atoms with Gasteiger partial charge in [0.05, 0.1) is 19.4 Å². The van der Waals surface area contributed by atoms with E-state index in [2.05, 4.69) is 40.5 Å². The molecule has 0 radical (unpaired) electrons. The van der Waals surface area contributed by atoms with Crippen LogP contribution in [0.25, 0.3) is 0 Å². The second kappa shape index (κ2) is 8.89. The minimum Gasteiger partial charge on any atom is -0.495 e. The first-order valence-corrected chi connectivity index (χ1v) is 11.7. The van der Waals surface area contributed by atoms with Gasteiger partial charge in [-0.25, -0.2) is 0 Å². The van der Waals surface area contributed by atoms with Crippen molar-refractivity contribution in [2.24, 2.45) is 0 Å². The van der Waals surface area contributed by atoms with Gasteiger partial charge in [-0.2, -0.15) is 0 Å². The van der Waals surface area contributed by atoms with Gasteiger partial charge in [-0.3, -0.25) is 0 Å². The highest BCUT2D eigenvalue weighted by molar-refractivity contribution is 5.65. The van der Waals surface area contributed by atoms with Crippen LogP contribution in [0.4, 0.5) is 5.69 Å². The number of rotatable bonds is 5. The molecule has 4 nitrogen and oxygen atoms in total. The summed E-state index contributed by atoms with van der Waals surface area (Å²) in [4.78, 5) is 2.55. The Bertz CT molecular complexity index is 895. The summed E-state index contributed by atoms with van der Waals surface area (Å²) in [7, 11) is 1.79. The standard InChI is InChI=1S/C26H34N2O2/c1-29-26-16-21-12-15-30-25(21)17-24(26)28-14-13-27-18-22(28)11-10-20-8-5-7-19-6-3-2-4-9-23(19)20/h5,7-8,16-17,22,27H,2-4,6,9-15,18H2,1H3. The molecular weight excluding hydrogens is 372 g/mol. The van der Waals surface area contributed by atoms with Crippen molar-refractivity contribution in [3.05, 3.63) is 52.6 Å². The van der Waals surface area contributed by atoms with Crippen LogP contribution in [0.3, 0.4) is 0 Å². The van der Waals surface area contributed by atoms with Gasteiger partial charge < -0.3 is 19.7 Å². The second-order valence-corrected chi connectivity index (χ2v) is 8.94. The van der Waals surface area contributed by atoms with E-state index in [1.165, 1.54) is 43.4 Å². The van der Waals surface area contributed by atoms with E-state index in [4.69, 9.17) is 9.47 Å². The van der Waals surface area contributed by atoms with Gasteiger partial charge in [-0.15, -0.1) is 0 Å². The fraction of sp³-hybridized carbons (Fsp3) is 0.538. The monoisotopic (exact) mass is 406 g/mol. The van der Waals surface area contributed by atoms with Crippen LogP contribution in [0.5, 0.6) is 11.5 Å².